The van der Waals surface area contributed by atoms with Gasteiger partial charge in [0.1, 0.15) is 6.61 Å². The topological polar surface area (TPSA) is 111 Å². The van der Waals surface area contributed by atoms with Crippen molar-refractivity contribution in [2.45, 2.75) is 52.6 Å². The lowest BCUT2D eigenvalue weighted by Crippen LogP contribution is -2.41. The zero-order chi connectivity index (χ0) is 23.8. The van der Waals surface area contributed by atoms with Gasteiger partial charge in [-0.2, -0.15) is 4.98 Å². The molecule has 1 amide bonds. The normalized spacial score (nSPS) is 11.2. The maximum atomic E-state index is 12.9. The standard InChI is InChI=1S/C23H30ClN5O4/c1-3-4-5-11-28-20-19(26-22(24)27-20)21(31)29(23(28)32)12-13-33-15-18(30)25-10-9-17-8-6-7-16(2)14-17/h6-8,14H,3-5,9-13,15H2,1-2H3,(H,25,30)(H,26,27). The largest absolute Gasteiger partial charge is 0.370 e. The molecule has 0 bridgehead atoms. The average Bonchev–Trinajstić information content (AvgIpc) is 3.17. The fourth-order valence-corrected chi connectivity index (χ4v) is 3.82. The van der Waals surface area contributed by atoms with Crippen molar-refractivity contribution in [3.05, 3.63) is 61.5 Å². The lowest BCUT2D eigenvalue weighted by atomic mass is 10.1. The molecule has 1 aromatic carbocycles. The second-order valence-electron chi connectivity index (χ2n) is 7.97. The highest BCUT2D eigenvalue weighted by molar-refractivity contribution is 6.28. The van der Waals surface area contributed by atoms with Crippen LogP contribution >= 0.6 is 11.6 Å². The van der Waals surface area contributed by atoms with E-state index in [9.17, 15) is 14.4 Å². The summed E-state index contributed by atoms with van der Waals surface area (Å²) in [5.74, 6) is -0.247. The third kappa shape index (κ3) is 6.55. The third-order valence-electron chi connectivity index (χ3n) is 5.33. The second-order valence-corrected chi connectivity index (χ2v) is 8.32. The predicted octanol–water partition coefficient (Wildman–Crippen LogP) is 2.41. The molecular formula is C23H30ClN5O4. The fourth-order valence-electron chi connectivity index (χ4n) is 3.64. The zero-order valence-electron chi connectivity index (χ0n) is 19.0. The molecular weight excluding hydrogens is 446 g/mol. The Kier molecular flexibility index (Phi) is 8.85. The van der Waals surface area contributed by atoms with Crippen LogP contribution in [0.15, 0.2) is 33.9 Å². The first-order valence-electron chi connectivity index (χ1n) is 11.2. The van der Waals surface area contributed by atoms with E-state index in [1.165, 1.54) is 10.1 Å². The first kappa shape index (κ1) is 24.7. The van der Waals surface area contributed by atoms with E-state index in [4.69, 9.17) is 16.3 Å². The van der Waals surface area contributed by atoms with Crippen LogP contribution in [-0.4, -0.2) is 44.8 Å². The number of aryl methyl sites for hydroxylation is 2. The summed E-state index contributed by atoms with van der Waals surface area (Å²) in [6.45, 7) is 4.96. The SMILES string of the molecule is CCCCCn1c(=O)n(CCOCC(=O)NCCc2cccc(C)c2)c(=O)c2[nH]c(Cl)nc21. The van der Waals surface area contributed by atoms with Gasteiger partial charge in [0.05, 0.1) is 13.2 Å². The van der Waals surface area contributed by atoms with E-state index in [2.05, 4.69) is 28.3 Å². The van der Waals surface area contributed by atoms with E-state index >= 15 is 0 Å². The van der Waals surface area contributed by atoms with Gasteiger partial charge in [-0.15, -0.1) is 0 Å². The Morgan fingerprint density at radius 2 is 2.03 bits per heavy atom. The summed E-state index contributed by atoms with van der Waals surface area (Å²) in [4.78, 5) is 44.5. The number of unbranched alkanes of at least 4 members (excludes halogenated alkanes) is 2. The maximum Gasteiger partial charge on any atom is 0.332 e. The summed E-state index contributed by atoms with van der Waals surface area (Å²) in [5, 5.41) is 2.87. The zero-order valence-corrected chi connectivity index (χ0v) is 19.8. The number of aromatic amines is 1. The molecule has 2 heterocycles. The third-order valence-corrected chi connectivity index (χ3v) is 5.51. The molecule has 0 radical (unpaired) electrons. The van der Waals surface area contributed by atoms with Gasteiger partial charge in [-0.1, -0.05) is 49.6 Å². The van der Waals surface area contributed by atoms with Gasteiger partial charge in [0.25, 0.3) is 5.56 Å². The fraction of sp³-hybridized carbons (Fsp3) is 0.478. The summed E-state index contributed by atoms with van der Waals surface area (Å²) < 4.78 is 7.98. The molecule has 33 heavy (non-hydrogen) atoms. The van der Waals surface area contributed by atoms with E-state index in [-0.39, 0.29) is 42.1 Å². The number of nitrogens with zero attached hydrogens (tertiary/aromatic N) is 3. The number of amides is 1. The minimum Gasteiger partial charge on any atom is -0.370 e. The van der Waals surface area contributed by atoms with Crippen LogP contribution in [0.4, 0.5) is 0 Å². The number of carbonyl (C=O) groups excluding carboxylic acids is 1. The quantitative estimate of drug-likeness (QED) is 0.308. The van der Waals surface area contributed by atoms with E-state index in [1.807, 2.05) is 25.1 Å². The van der Waals surface area contributed by atoms with Gasteiger partial charge in [-0.05, 0) is 36.9 Å². The van der Waals surface area contributed by atoms with Crippen LogP contribution in [0.1, 0.15) is 37.3 Å². The summed E-state index contributed by atoms with van der Waals surface area (Å²) >= 11 is 5.94. The van der Waals surface area contributed by atoms with Crippen molar-refractivity contribution >= 4 is 28.7 Å². The van der Waals surface area contributed by atoms with Gasteiger partial charge >= 0.3 is 5.69 Å². The number of imidazole rings is 1. The number of nitrogens with one attached hydrogen (secondary N) is 2. The van der Waals surface area contributed by atoms with Crippen LogP contribution in [0.2, 0.25) is 5.28 Å². The Hall–Kier alpha value is -2.91. The van der Waals surface area contributed by atoms with Crippen LogP contribution in [0.3, 0.4) is 0 Å². The number of ether oxygens (including phenoxy) is 1. The molecule has 178 valence electrons. The highest BCUT2D eigenvalue weighted by Crippen LogP contribution is 2.10. The number of carbonyl (C=O) groups is 1. The molecule has 0 spiro atoms. The second kappa shape index (κ2) is 11.8. The minimum absolute atomic E-state index is 0.0224. The molecule has 0 atom stereocenters. The molecule has 0 aliphatic rings. The smallest absolute Gasteiger partial charge is 0.332 e. The Labute approximate surface area is 196 Å². The number of fused-ring (bicyclic) bond motifs is 1. The Morgan fingerprint density at radius 3 is 2.79 bits per heavy atom. The van der Waals surface area contributed by atoms with Crippen molar-refractivity contribution < 1.29 is 9.53 Å². The molecule has 9 nitrogen and oxygen atoms in total. The van der Waals surface area contributed by atoms with Gasteiger partial charge in [-0.3, -0.25) is 18.7 Å². The number of hydrogen-bond donors (Lipinski definition) is 2. The highest BCUT2D eigenvalue weighted by atomic mass is 35.5. The highest BCUT2D eigenvalue weighted by Gasteiger charge is 2.16. The van der Waals surface area contributed by atoms with E-state index in [1.54, 1.807) is 0 Å². The Morgan fingerprint density at radius 1 is 1.21 bits per heavy atom. The molecule has 2 N–H and O–H groups in total. The van der Waals surface area contributed by atoms with Crippen molar-refractivity contribution in [2.75, 3.05) is 19.8 Å². The van der Waals surface area contributed by atoms with Crippen LogP contribution in [0.25, 0.3) is 11.2 Å². The Bertz CT molecular complexity index is 1210. The minimum atomic E-state index is -0.507. The van der Waals surface area contributed by atoms with Gasteiger partial charge < -0.3 is 15.0 Å². The molecule has 0 fully saturated rings. The summed E-state index contributed by atoms with van der Waals surface area (Å²) in [6.07, 6.45) is 3.47. The van der Waals surface area contributed by atoms with Crippen molar-refractivity contribution in [2.24, 2.45) is 0 Å². The lowest BCUT2D eigenvalue weighted by molar-refractivity contribution is -0.125. The van der Waals surface area contributed by atoms with Crippen molar-refractivity contribution in [3.63, 3.8) is 0 Å². The van der Waals surface area contributed by atoms with Crippen molar-refractivity contribution in [3.8, 4) is 0 Å². The van der Waals surface area contributed by atoms with E-state index in [0.717, 1.165) is 35.8 Å². The van der Waals surface area contributed by atoms with Crippen LogP contribution in [0, 0.1) is 6.92 Å². The molecule has 0 saturated heterocycles. The summed E-state index contributed by atoms with van der Waals surface area (Å²) in [7, 11) is 0. The van der Waals surface area contributed by atoms with E-state index in [0.29, 0.717) is 13.1 Å². The molecule has 2 aromatic heterocycles. The Balaban J connectivity index is 1.55. The predicted molar refractivity (Wildman–Crippen MR) is 128 cm³/mol. The van der Waals surface area contributed by atoms with Gasteiger partial charge in [0.2, 0.25) is 11.2 Å². The molecule has 0 aliphatic carbocycles. The molecule has 0 aliphatic heterocycles. The molecule has 3 rings (SSSR count). The molecule has 10 heteroatoms. The lowest BCUT2D eigenvalue weighted by Gasteiger charge is -2.11. The number of aromatic nitrogens is 4. The number of hydrogen-bond acceptors (Lipinski definition) is 5. The van der Waals surface area contributed by atoms with Crippen LogP contribution < -0.4 is 16.6 Å². The van der Waals surface area contributed by atoms with Crippen LogP contribution in [0.5, 0.6) is 0 Å². The number of halogens is 1. The first-order chi connectivity index (χ1) is 15.9. The number of H-pyrrole nitrogens is 1. The first-order valence-corrected chi connectivity index (χ1v) is 11.6. The van der Waals surface area contributed by atoms with Crippen LogP contribution in [-0.2, 0) is 29.0 Å². The van der Waals surface area contributed by atoms with Gasteiger partial charge in [0, 0.05) is 13.1 Å². The summed E-state index contributed by atoms with van der Waals surface area (Å²) in [5.41, 5.74) is 1.81. The monoisotopic (exact) mass is 475 g/mol. The van der Waals surface area contributed by atoms with E-state index < -0.39 is 11.2 Å². The van der Waals surface area contributed by atoms with Gasteiger partial charge in [-0.25, -0.2) is 4.79 Å². The molecule has 0 unspecified atom stereocenters. The molecule has 3 aromatic rings. The summed E-state index contributed by atoms with van der Waals surface area (Å²) in [6, 6.07) is 8.12. The number of benzene rings is 1. The molecule has 0 saturated carbocycles. The maximum absolute atomic E-state index is 12.9. The number of rotatable bonds is 12. The van der Waals surface area contributed by atoms with Crippen molar-refractivity contribution in [1.82, 2.24) is 24.4 Å². The van der Waals surface area contributed by atoms with Gasteiger partial charge in [0.15, 0.2) is 11.2 Å². The van der Waals surface area contributed by atoms with Crippen molar-refractivity contribution in [1.29, 1.82) is 0 Å². The average molecular weight is 476 g/mol.